The predicted octanol–water partition coefficient (Wildman–Crippen LogP) is 3.59. The maximum atomic E-state index is 5.79. The highest BCUT2D eigenvalue weighted by atomic mass is 32.2. The van der Waals surface area contributed by atoms with Gasteiger partial charge in [0.25, 0.3) is 0 Å². The van der Waals surface area contributed by atoms with Crippen LogP contribution in [0.3, 0.4) is 0 Å². The predicted molar refractivity (Wildman–Crippen MR) is 78.5 cm³/mol. The first-order valence-electron chi connectivity index (χ1n) is 5.78. The first-order chi connectivity index (χ1) is 8.75. The van der Waals surface area contributed by atoms with E-state index in [1.165, 1.54) is 0 Å². The molecule has 0 radical (unpaired) electrons. The SMILES string of the molecule is Cc1csc(SCCCOc2ccccc2N)n1. The summed E-state index contributed by atoms with van der Waals surface area (Å²) >= 11 is 3.47. The summed E-state index contributed by atoms with van der Waals surface area (Å²) in [5.74, 6) is 1.78. The molecule has 1 aromatic heterocycles. The summed E-state index contributed by atoms with van der Waals surface area (Å²) in [7, 11) is 0. The van der Waals surface area contributed by atoms with Crippen LogP contribution in [0.25, 0.3) is 0 Å². The average molecular weight is 280 g/mol. The molecule has 0 saturated carbocycles. The molecule has 0 aliphatic carbocycles. The second kappa shape index (κ2) is 6.66. The van der Waals surface area contributed by atoms with E-state index >= 15 is 0 Å². The second-order valence-electron chi connectivity index (χ2n) is 3.84. The second-order valence-corrected chi connectivity index (χ2v) is 6.04. The van der Waals surface area contributed by atoms with Crippen LogP contribution in [-0.4, -0.2) is 17.3 Å². The Morgan fingerprint density at radius 1 is 1.39 bits per heavy atom. The molecule has 0 unspecified atom stereocenters. The number of nitrogens with zero attached hydrogens (tertiary/aromatic N) is 1. The van der Waals surface area contributed by atoms with E-state index in [9.17, 15) is 0 Å². The maximum Gasteiger partial charge on any atom is 0.150 e. The maximum absolute atomic E-state index is 5.79. The van der Waals surface area contributed by atoms with Crippen LogP contribution in [0.2, 0.25) is 0 Å². The lowest BCUT2D eigenvalue weighted by Gasteiger charge is -2.07. The molecular formula is C13H16N2OS2. The number of rotatable bonds is 6. The van der Waals surface area contributed by atoms with Crippen molar-refractivity contribution in [2.24, 2.45) is 0 Å². The summed E-state index contributed by atoms with van der Waals surface area (Å²) < 4.78 is 6.76. The molecule has 2 rings (SSSR count). The molecule has 0 saturated heterocycles. The number of benzene rings is 1. The van der Waals surface area contributed by atoms with Gasteiger partial charge in [0, 0.05) is 16.8 Å². The first-order valence-corrected chi connectivity index (χ1v) is 7.64. The van der Waals surface area contributed by atoms with Crippen molar-refractivity contribution in [1.82, 2.24) is 4.98 Å². The Morgan fingerprint density at radius 2 is 2.22 bits per heavy atom. The molecule has 0 bridgehead atoms. The van der Waals surface area contributed by atoms with E-state index in [-0.39, 0.29) is 0 Å². The number of aryl methyl sites for hydroxylation is 1. The van der Waals surface area contributed by atoms with Gasteiger partial charge in [-0.15, -0.1) is 11.3 Å². The van der Waals surface area contributed by atoms with Crippen molar-refractivity contribution in [3.05, 3.63) is 35.3 Å². The Bertz CT molecular complexity index is 499. The Balaban J connectivity index is 1.66. The largest absolute Gasteiger partial charge is 0.491 e. The van der Waals surface area contributed by atoms with Crippen LogP contribution in [-0.2, 0) is 0 Å². The normalized spacial score (nSPS) is 10.5. The number of aromatic nitrogens is 1. The Labute approximate surface area is 115 Å². The Kier molecular flexibility index (Phi) is 4.90. The van der Waals surface area contributed by atoms with Crippen molar-refractivity contribution in [1.29, 1.82) is 0 Å². The number of nitrogen functional groups attached to an aromatic ring is 1. The van der Waals surface area contributed by atoms with Gasteiger partial charge < -0.3 is 10.5 Å². The lowest BCUT2D eigenvalue weighted by molar-refractivity contribution is 0.320. The van der Waals surface area contributed by atoms with Crippen LogP contribution in [0.15, 0.2) is 34.0 Å². The summed E-state index contributed by atoms with van der Waals surface area (Å²) in [5, 5.41) is 2.07. The van der Waals surface area contributed by atoms with Gasteiger partial charge in [-0.25, -0.2) is 4.98 Å². The number of thioether (sulfide) groups is 1. The van der Waals surface area contributed by atoms with Gasteiger partial charge in [-0.2, -0.15) is 0 Å². The van der Waals surface area contributed by atoms with E-state index < -0.39 is 0 Å². The van der Waals surface area contributed by atoms with Crippen molar-refractivity contribution < 1.29 is 4.74 Å². The lowest BCUT2D eigenvalue weighted by Crippen LogP contribution is -2.01. The summed E-state index contributed by atoms with van der Waals surface area (Å²) in [5.41, 5.74) is 7.58. The number of para-hydroxylation sites is 2. The van der Waals surface area contributed by atoms with Crippen LogP contribution in [0.5, 0.6) is 5.75 Å². The average Bonchev–Trinajstić information content (AvgIpc) is 2.77. The highest BCUT2D eigenvalue weighted by Crippen LogP contribution is 2.23. The third-order valence-electron chi connectivity index (χ3n) is 2.29. The monoisotopic (exact) mass is 280 g/mol. The zero-order chi connectivity index (χ0) is 12.8. The van der Waals surface area contributed by atoms with Gasteiger partial charge in [0.15, 0.2) is 0 Å². The van der Waals surface area contributed by atoms with Crippen molar-refractivity contribution in [3.63, 3.8) is 0 Å². The van der Waals surface area contributed by atoms with E-state index in [1.807, 2.05) is 31.2 Å². The molecule has 3 nitrogen and oxygen atoms in total. The van der Waals surface area contributed by atoms with Gasteiger partial charge >= 0.3 is 0 Å². The third-order valence-corrected chi connectivity index (χ3v) is 4.51. The molecule has 0 aliphatic rings. The Hall–Kier alpha value is -1.20. The zero-order valence-electron chi connectivity index (χ0n) is 10.3. The quantitative estimate of drug-likeness (QED) is 0.499. The van der Waals surface area contributed by atoms with Gasteiger partial charge in [0.05, 0.1) is 12.3 Å². The fraction of sp³-hybridized carbons (Fsp3) is 0.308. The molecule has 0 amide bonds. The van der Waals surface area contributed by atoms with E-state index in [0.29, 0.717) is 12.3 Å². The molecule has 18 heavy (non-hydrogen) atoms. The number of hydrogen-bond donors (Lipinski definition) is 1. The van der Waals surface area contributed by atoms with Gasteiger partial charge in [0.1, 0.15) is 10.1 Å². The minimum Gasteiger partial charge on any atom is -0.491 e. The van der Waals surface area contributed by atoms with Gasteiger partial charge in [-0.05, 0) is 25.5 Å². The van der Waals surface area contributed by atoms with Crippen LogP contribution >= 0.6 is 23.1 Å². The van der Waals surface area contributed by atoms with Crippen LogP contribution in [0.4, 0.5) is 5.69 Å². The van der Waals surface area contributed by atoms with Crippen molar-refractivity contribution in [2.45, 2.75) is 17.7 Å². The topological polar surface area (TPSA) is 48.1 Å². The van der Waals surface area contributed by atoms with E-state index in [1.54, 1.807) is 23.1 Å². The molecule has 2 aromatic rings. The molecular weight excluding hydrogens is 264 g/mol. The number of hydrogen-bond acceptors (Lipinski definition) is 5. The molecule has 0 spiro atoms. The van der Waals surface area contributed by atoms with Crippen LogP contribution in [0, 0.1) is 6.92 Å². The molecule has 5 heteroatoms. The summed E-state index contributed by atoms with van der Waals surface area (Å²) in [6.07, 6.45) is 0.984. The highest BCUT2D eigenvalue weighted by Gasteiger charge is 2.00. The first kappa shape index (κ1) is 13.2. The number of thiazole rings is 1. The van der Waals surface area contributed by atoms with Crippen LogP contribution in [0.1, 0.15) is 12.1 Å². The fourth-order valence-electron chi connectivity index (χ4n) is 1.41. The summed E-state index contributed by atoms with van der Waals surface area (Å²) in [4.78, 5) is 4.40. The summed E-state index contributed by atoms with van der Waals surface area (Å²) in [6.45, 7) is 2.70. The van der Waals surface area contributed by atoms with Crippen LogP contribution < -0.4 is 10.5 Å². The minimum absolute atomic E-state index is 0.686. The molecule has 0 atom stereocenters. The molecule has 2 N–H and O–H groups in total. The van der Waals surface area contributed by atoms with Crippen molar-refractivity contribution in [3.8, 4) is 5.75 Å². The molecule has 1 aromatic carbocycles. The van der Waals surface area contributed by atoms with Gasteiger partial charge in [0.2, 0.25) is 0 Å². The number of anilines is 1. The van der Waals surface area contributed by atoms with E-state index in [0.717, 1.165) is 28.0 Å². The fourth-order valence-corrected chi connectivity index (χ4v) is 3.24. The lowest BCUT2D eigenvalue weighted by atomic mass is 10.3. The van der Waals surface area contributed by atoms with E-state index in [4.69, 9.17) is 10.5 Å². The molecule has 96 valence electrons. The Morgan fingerprint density at radius 3 is 2.94 bits per heavy atom. The van der Waals surface area contributed by atoms with Crippen molar-refractivity contribution in [2.75, 3.05) is 18.1 Å². The molecule has 0 fully saturated rings. The molecule has 0 aliphatic heterocycles. The number of ether oxygens (including phenoxy) is 1. The van der Waals surface area contributed by atoms with E-state index in [2.05, 4.69) is 10.4 Å². The minimum atomic E-state index is 0.686. The number of nitrogens with two attached hydrogens (primary N) is 1. The highest BCUT2D eigenvalue weighted by molar-refractivity contribution is 8.00. The third kappa shape index (κ3) is 3.92. The van der Waals surface area contributed by atoms with Gasteiger partial charge in [-0.1, -0.05) is 23.9 Å². The standard InChI is InChI=1S/C13H16N2OS2/c1-10-9-18-13(15-10)17-8-4-7-16-12-6-3-2-5-11(12)14/h2-3,5-6,9H,4,7-8,14H2,1H3. The van der Waals surface area contributed by atoms with Gasteiger partial charge in [-0.3, -0.25) is 0 Å². The molecule has 1 heterocycles. The smallest absolute Gasteiger partial charge is 0.150 e. The zero-order valence-corrected chi connectivity index (χ0v) is 11.9. The van der Waals surface area contributed by atoms with Crippen molar-refractivity contribution >= 4 is 28.8 Å². The summed E-state index contributed by atoms with van der Waals surface area (Å²) in [6, 6.07) is 7.58.